The number of aromatic nitrogens is 4. The van der Waals surface area contributed by atoms with Crippen molar-refractivity contribution < 1.29 is 18.7 Å². The molecule has 46 heavy (non-hydrogen) atoms. The van der Waals surface area contributed by atoms with Crippen molar-refractivity contribution in [3.05, 3.63) is 163 Å². The van der Waals surface area contributed by atoms with E-state index in [1.165, 1.54) is 33.6 Å². The first-order valence-corrected chi connectivity index (χ1v) is 14.8. The molecule has 0 bridgehead atoms. The smallest absolute Gasteiger partial charge is 0.346 e. The number of nitrogens with zero attached hydrogens (tertiary/aromatic N) is 2. The van der Waals surface area contributed by atoms with Crippen LogP contribution in [0.1, 0.15) is 51.3 Å². The second kappa shape index (κ2) is 12.6. The first-order valence-electron chi connectivity index (χ1n) is 14.8. The summed E-state index contributed by atoms with van der Waals surface area (Å²) in [4.78, 5) is 41.2. The number of rotatable bonds is 9. The molecular weight excluding hydrogens is 587 g/mol. The van der Waals surface area contributed by atoms with E-state index in [9.17, 15) is 18.8 Å². The van der Waals surface area contributed by atoms with Gasteiger partial charge in [0.25, 0.3) is 11.1 Å². The van der Waals surface area contributed by atoms with Gasteiger partial charge in [0.05, 0.1) is 34.7 Å². The number of halogens is 1. The Hall–Kier alpha value is -5.90. The molecule has 0 atom stereocenters. The van der Waals surface area contributed by atoms with E-state index < -0.39 is 17.7 Å². The molecule has 2 N–H and O–H groups in total. The van der Waals surface area contributed by atoms with Crippen molar-refractivity contribution in [1.29, 1.82) is 0 Å². The van der Waals surface area contributed by atoms with Crippen molar-refractivity contribution in [2.45, 2.75) is 26.7 Å². The Labute approximate surface area is 263 Å². The minimum Gasteiger partial charge on any atom is -0.490 e. The molecule has 2 aromatic heterocycles. The Bertz CT molecular complexity index is 2050. The summed E-state index contributed by atoms with van der Waals surface area (Å²) in [7, 11) is 0. The van der Waals surface area contributed by atoms with Crippen LogP contribution >= 0.6 is 0 Å². The zero-order valence-corrected chi connectivity index (χ0v) is 25.4. The maximum atomic E-state index is 14.3. The summed E-state index contributed by atoms with van der Waals surface area (Å²) in [6, 6.07) is 28.7. The monoisotopic (exact) mass is 618 g/mol. The van der Waals surface area contributed by atoms with Gasteiger partial charge >= 0.3 is 5.97 Å². The molecule has 232 valence electrons. The highest BCUT2D eigenvalue weighted by Crippen LogP contribution is 2.38. The van der Waals surface area contributed by atoms with E-state index in [1.807, 2.05) is 60.7 Å². The number of nitrogens with one attached hydrogen (secondary N) is 2. The average molecular weight is 619 g/mol. The number of carbonyl (C=O) groups is 1. The molecule has 0 aliphatic carbocycles. The van der Waals surface area contributed by atoms with Crippen molar-refractivity contribution in [3.8, 4) is 22.9 Å². The predicted molar refractivity (Wildman–Crippen MR) is 172 cm³/mol. The highest BCUT2D eigenvalue weighted by atomic mass is 19.1. The normalized spacial score (nSPS) is 11.2. The number of benzene rings is 4. The predicted octanol–water partition coefficient (Wildman–Crippen LogP) is 6.20. The van der Waals surface area contributed by atoms with Gasteiger partial charge < -0.3 is 9.47 Å². The molecule has 4 aromatic carbocycles. The number of para-hydroxylation sites is 2. The van der Waals surface area contributed by atoms with Crippen LogP contribution in [-0.4, -0.2) is 32.1 Å². The summed E-state index contributed by atoms with van der Waals surface area (Å²) in [5, 5.41) is 6.35. The average Bonchev–Trinajstić information content (AvgIpc) is 3.53. The third-order valence-corrected chi connectivity index (χ3v) is 7.74. The zero-order valence-electron chi connectivity index (χ0n) is 25.4. The SMILES string of the molecule is CCOc1cc(C(c2c(C)[nH]n(-c3ccccc3)c2=O)c2c(C)[nH]n(-c3ccccc3)c2=O)ccc1OC(=O)c1ccccc1F. The Balaban J connectivity index is 1.53. The third kappa shape index (κ3) is 5.56. The number of ether oxygens (including phenoxy) is 2. The van der Waals surface area contributed by atoms with Gasteiger partial charge in [-0.05, 0) is 74.9 Å². The summed E-state index contributed by atoms with van der Waals surface area (Å²) >= 11 is 0. The number of H-pyrrole nitrogens is 2. The third-order valence-electron chi connectivity index (χ3n) is 7.74. The van der Waals surface area contributed by atoms with Gasteiger partial charge in [0, 0.05) is 17.3 Å². The van der Waals surface area contributed by atoms with Crippen LogP contribution in [0.3, 0.4) is 0 Å². The lowest BCUT2D eigenvalue weighted by Gasteiger charge is -2.19. The summed E-state index contributed by atoms with van der Waals surface area (Å²) in [5.41, 5.74) is 2.81. The molecule has 0 fully saturated rings. The van der Waals surface area contributed by atoms with Crippen LogP contribution in [0.4, 0.5) is 4.39 Å². The van der Waals surface area contributed by atoms with Crippen LogP contribution in [0.15, 0.2) is 113 Å². The van der Waals surface area contributed by atoms with E-state index >= 15 is 0 Å². The highest BCUT2D eigenvalue weighted by molar-refractivity contribution is 5.91. The molecule has 0 saturated carbocycles. The van der Waals surface area contributed by atoms with E-state index in [4.69, 9.17) is 9.47 Å². The molecule has 0 unspecified atom stereocenters. The van der Waals surface area contributed by atoms with Gasteiger partial charge in [-0.25, -0.2) is 18.5 Å². The van der Waals surface area contributed by atoms with Crippen LogP contribution in [0.5, 0.6) is 11.5 Å². The van der Waals surface area contributed by atoms with Crippen LogP contribution in [0.25, 0.3) is 11.4 Å². The zero-order chi connectivity index (χ0) is 32.4. The quantitative estimate of drug-likeness (QED) is 0.148. The van der Waals surface area contributed by atoms with Gasteiger partial charge in [-0.15, -0.1) is 0 Å². The Morgan fingerprint density at radius 3 is 1.78 bits per heavy atom. The fourth-order valence-electron chi connectivity index (χ4n) is 5.63. The molecule has 0 saturated heterocycles. The Morgan fingerprint density at radius 2 is 1.26 bits per heavy atom. The molecular formula is C36H31FN4O5. The first-order chi connectivity index (χ1) is 22.3. The topological polar surface area (TPSA) is 111 Å². The summed E-state index contributed by atoms with van der Waals surface area (Å²) in [6.07, 6.45) is 0. The molecule has 6 rings (SSSR count). The van der Waals surface area contributed by atoms with Crippen molar-refractivity contribution in [2.75, 3.05) is 6.61 Å². The molecule has 0 aliphatic heterocycles. The molecule has 0 aliphatic rings. The van der Waals surface area contributed by atoms with E-state index in [0.29, 0.717) is 39.5 Å². The number of esters is 1. The number of aromatic amines is 2. The molecule has 10 heteroatoms. The lowest BCUT2D eigenvalue weighted by molar-refractivity contribution is 0.0723. The van der Waals surface area contributed by atoms with Gasteiger partial charge in [-0.3, -0.25) is 19.8 Å². The van der Waals surface area contributed by atoms with E-state index in [2.05, 4.69) is 10.2 Å². The van der Waals surface area contributed by atoms with Crippen molar-refractivity contribution >= 4 is 5.97 Å². The molecule has 0 spiro atoms. The van der Waals surface area contributed by atoms with Crippen LogP contribution in [0.2, 0.25) is 0 Å². The number of hydrogen-bond donors (Lipinski definition) is 2. The lowest BCUT2D eigenvalue weighted by atomic mass is 9.85. The minimum absolute atomic E-state index is 0.0672. The van der Waals surface area contributed by atoms with Crippen LogP contribution in [0, 0.1) is 19.7 Å². The van der Waals surface area contributed by atoms with Gasteiger partial charge in [-0.1, -0.05) is 54.6 Å². The fourth-order valence-corrected chi connectivity index (χ4v) is 5.63. The number of hydrogen-bond acceptors (Lipinski definition) is 5. The Morgan fingerprint density at radius 1 is 0.739 bits per heavy atom. The van der Waals surface area contributed by atoms with Crippen LogP contribution < -0.4 is 20.6 Å². The highest BCUT2D eigenvalue weighted by Gasteiger charge is 2.32. The summed E-state index contributed by atoms with van der Waals surface area (Å²) in [5.74, 6) is -2.18. The number of aryl methyl sites for hydroxylation is 2. The second-order valence-electron chi connectivity index (χ2n) is 10.7. The first kappa shape index (κ1) is 30.1. The lowest BCUT2D eigenvalue weighted by Crippen LogP contribution is -2.25. The van der Waals surface area contributed by atoms with Crippen molar-refractivity contribution in [3.63, 3.8) is 0 Å². The molecule has 0 radical (unpaired) electrons. The maximum absolute atomic E-state index is 14.3. The second-order valence-corrected chi connectivity index (χ2v) is 10.7. The fraction of sp³-hybridized carbons (Fsp3) is 0.139. The van der Waals surface area contributed by atoms with Gasteiger partial charge in [0.1, 0.15) is 5.82 Å². The van der Waals surface area contributed by atoms with Crippen molar-refractivity contribution in [1.82, 2.24) is 19.6 Å². The largest absolute Gasteiger partial charge is 0.490 e. The van der Waals surface area contributed by atoms with Crippen molar-refractivity contribution in [2.24, 2.45) is 0 Å². The molecule has 6 aromatic rings. The van der Waals surface area contributed by atoms with Gasteiger partial charge in [0.15, 0.2) is 11.5 Å². The summed E-state index contributed by atoms with van der Waals surface area (Å²) < 4.78 is 28.7. The molecule has 9 nitrogen and oxygen atoms in total. The van der Waals surface area contributed by atoms with Crippen LogP contribution in [-0.2, 0) is 0 Å². The van der Waals surface area contributed by atoms with E-state index in [-0.39, 0.29) is 34.8 Å². The standard InChI is InChI=1S/C36H31FN4O5/c1-4-45-30-21-24(19-20-29(30)46-36(44)27-17-11-12-18-28(27)37)33(31-22(2)38-40(34(31)42)25-13-7-5-8-14-25)32-23(3)39-41(35(32)43)26-15-9-6-10-16-26/h5-21,33,38-39H,4H2,1-3H3. The minimum atomic E-state index is -0.886. The maximum Gasteiger partial charge on any atom is 0.346 e. The Kier molecular flexibility index (Phi) is 8.26. The number of carbonyl (C=O) groups excluding carboxylic acids is 1. The van der Waals surface area contributed by atoms with E-state index in [0.717, 1.165) is 0 Å². The van der Waals surface area contributed by atoms with E-state index in [1.54, 1.807) is 39.0 Å². The summed E-state index contributed by atoms with van der Waals surface area (Å²) in [6.45, 7) is 5.58. The molecule has 2 heterocycles. The molecule has 0 amide bonds. The van der Waals surface area contributed by atoms with Gasteiger partial charge in [0.2, 0.25) is 0 Å². The van der Waals surface area contributed by atoms with Gasteiger partial charge in [-0.2, -0.15) is 0 Å².